The van der Waals surface area contributed by atoms with Crippen molar-refractivity contribution >= 4 is 17.7 Å². The molecule has 21 heavy (non-hydrogen) atoms. The fraction of sp³-hybridized carbons (Fsp3) is 0.818. The monoisotopic (exact) mass is 323 g/mol. The highest BCUT2D eigenvalue weighted by atomic mass is 32.2. The van der Waals surface area contributed by atoms with Gasteiger partial charge in [0.05, 0.1) is 5.75 Å². The molecule has 2 heterocycles. The van der Waals surface area contributed by atoms with Gasteiger partial charge in [0.15, 0.2) is 0 Å². The van der Waals surface area contributed by atoms with Crippen LogP contribution in [0.2, 0.25) is 0 Å². The van der Waals surface area contributed by atoms with E-state index in [4.69, 9.17) is 0 Å². The molecule has 1 amide bonds. The van der Waals surface area contributed by atoms with Crippen LogP contribution in [-0.4, -0.2) is 56.0 Å². The van der Waals surface area contributed by atoms with E-state index in [1.807, 2.05) is 0 Å². The van der Waals surface area contributed by atoms with Crippen LogP contribution in [0.15, 0.2) is 5.16 Å². The van der Waals surface area contributed by atoms with Crippen LogP contribution in [0.25, 0.3) is 0 Å². The average Bonchev–Trinajstić information content (AvgIpc) is 2.81. The number of aromatic nitrogens is 4. The number of halogens is 3. The zero-order valence-electron chi connectivity index (χ0n) is 11.5. The molecule has 0 aliphatic carbocycles. The van der Waals surface area contributed by atoms with E-state index in [9.17, 15) is 18.0 Å². The van der Waals surface area contributed by atoms with Gasteiger partial charge in [0.25, 0.3) is 0 Å². The van der Waals surface area contributed by atoms with Crippen LogP contribution in [-0.2, 0) is 11.3 Å². The third-order valence-electron chi connectivity index (χ3n) is 3.16. The Morgan fingerprint density at radius 1 is 1.48 bits per heavy atom. The topological polar surface area (TPSA) is 63.9 Å². The normalized spacial score (nSPS) is 19.8. The van der Waals surface area contributed by atoms with Crippen LogP contribution in [0.3, 0.4) is 0 Å². The number of thioether (sulfide) groups is 1. The minimum atomic E-state index is -4.39. The number of piperidine rings is 1. The van der Waals surface area contributed by atoms with Crippen molar-refractivity contribution in [3.05, 3.63) is 0 Å². The fourth-order valence-electron chi connectivity index (χ4n) is 2.20. The largest absolute Gasteiger partial charge is 0.408 e. The molecule has 1 aliphatic heterocycles. The molecule has 0 saturated carbocycles. The van der Waals surface area contributed by atoms with Gasteiger partial charge in [-0.1, -0.05) is 18.7 Å². The first-order valence-corrected chi connectivity index (χ1v) is 7.57. The van der Waals surface area contributed by atoms with E-state index in [0.29, 0.717) is 23.7 Å². The summed E-state index contributed by atoms with van der Waals surface area (Å²) in [5.74, 6) is 0.418. The Kier molecular flexibility index (Phi) is 5.07. The third kappa shape index (κ3) is 4.87. The Hall–Kier alpha value is -1.32. The van der Waals surface area contributed by atoms with E-state index in [2.05, 4.69) is 22.4 Å². The molecule has 1 fully saturated rings. The lowest BCUT2D eigenvalue weighted by Gasteiger charge is -2.30. The van der Waals surface area contributed by atoms with Crippen LogP contribution in [0.5, 0.6) is 0 Å². The minimum Gasteiger partial charge on any atom is -0.342 e. The second kappa shape index (κ2) is 6.63. The number of nitrogens with zero attached hydrogens (tertiary/aromatic N) is 5. The van der Waals surface area contributed by atoms with Gasteiger partial charge in [0.2, 0.25) is 11.1 Å². The lowest BCUT2D eigenvalue weighted by Crippen LogP contribution is -2.40. The molecule has 1 saturated heterocycles. The van der Waals surface area contributed by atoms with Crippen LogP contribution in [0, 0.1) is 5.92 Å². The van der Waals surface area contributed by atoms with Gasteiger partial charge < -0.3 is 4.90 Å². The standard InChI is InChI=1S/C11H16F3N5OS/c1-8-3-2-4-18(5-8)9(20)6-21-10-15-16-17-19(10)7-11(12,13)14/h8H,2-7H2,1H3/t8-/m1/s1. The Morgan fingerprint density at radius 3 is 2.90 bits per heavy atom. The summed E-state index contributed by atoms with van der Waals surface area (Å²) in [6, 6.07) is 0. The maximum absolute atomic E-state index is 12.3. The van der Waals surface area contributed by atoms with Crippen molar-refractivity contribution in [2.24, 2.45) is 5.92 Å². The molecular weight excluding hydrogens is 307 g/mol. The van der Waals surface area contributed by atoms with E-state index < -0.39 is 12.7 Å². The molecule has 0 unspecified atom stereocenters. The maximum Gasteiger partial charge on any atom is 0.408 e. The van der Waals surface area contributed by atoms with E-state index in [-0.39, 0.29) is 16.8 Å². The van der Waals surface area contributed by atoms with Crippen molar-refractivity contribution < 1.29 is 18.0 Å². The molecule has 0 N–H and O–H groups in total. The van der Waals surface area contributed by atoms with E-state index in [1.165, 1.54) is 0 Å². The molecule has 118 valence electrons. The Morgan fingerprint density at radius 2 is 2.24 bits per heavy atom. The Labute approximate surface area is 124 Å². The number of tetrazole rings is 1. The van der Waals surface area contributed by atoms with E-state index in [0.717, 1.165) is 24.6 Å². The van der Waals surface area contributed by atoms with Crippen LogP contribution in [0.1, 0.15) is 19.8 Å². The van der Waals surface area contributed by atoms with Gasteiger partial charge in [0, 0.05) is 13.1 Å². The van der Waals surface area contributed by atoms with Gasteiger partial charge in [-0.25, -0.2) is 4.68 Å². The molecule has 1 aliphatic rings. The highest BCUT2D eigenvalue weighted by molar-refractivity contribution is 7.99. The number of carbonyl (C=O) groups is 1. The second-order valence-corrected chi connectivity index (χ2v) is 6.05. The van der Waals surface area contributed by atoms with Gasteiger partial charge in [-0.05, 0) is 29.2 Å². The Bertz CT molecular complexity index is 492. The van der Waals surface area contributed by atoms with Crippen molar-refractivity contribution in [2.75, 3.05) is 18.8 Å². The number of rotatable bonds is 4. The summed E-state index contributed by atoms with van der Waals surface area (Å²) in [7, 11) is 0. The summed E-state index contributed by atoms with van der Waals surface area (Å²) in [6.07, 6.45) is -2.33. The number of carbonyl (C=O) groups excluding carboxylic acids is 1. The highest BCUT2D eigenvalue weighted by Gasteiger charge is 2.30. The molecule has 10 heteroatoms. The number of alkyl halides is 3. The lowest BCUT2D eigenvalue weighted by atomic mass is 10.0. The molecule has 6 nitrogen and oxygen atoms in total. The molecular formula is C11H16F3N5OS. The molecule has 1 atom stereocenters. The zero-order chi connectivity index (χ0) is 15.5. The quantitative estimate of drug-likeness (QED) is 0.787. The van der Waals surface area contributed by atoms with E-state index >= 15 is 0 Å². The number of hydrogen-bond acceptors (Lipinski definition) is 5. The molecule has 0 spiro atoms. The fourth-order valence-corrected chi connectivity index (χ4v) is 2.98. The minimum absolute atomic E-state index is 0.00531. The van der Waals surface area contributed by atoms with Gasteiger partial charge in [-0.3, -0.25) is 4.79 Å². The van der Waals surface area contributed by atoms with Crippen molar-refractivity contribution in [2.45, 2.75) is 37.6 Å². The molecule has 1 aromatic rings. The third-order valence-corrected chi connectivity index (χ3v) is 4.10. The molecule has 0 aromatic carbocycles. The molecule has 0 radical (unpaired) electrons. The van der Waals surface area contributed by atoms with Crippen molar-refractivity contribution in [1.29, 1.82) is 0 Å². The van der Waals surface area contributed by atoms with Gasteiger partial charge in [-0.2, -0.15) is 13.2 Å². The molecule has 2 rings (SSSR count). The molecule has 0 bridgehead atoms. The first kappa shape index (κ1) is 16.1. The summed E-state index contributed by atoms with van der Waals surface area (Å²) in [4.78, 5) is 13.8. The smallest absolute Gasteiger partial charge is 0.342 e. The van der Waals surface area contributed by atoms with Crippen LogP contribution >= 0.6 is 11.8 Å². The Balaban J connectivity index is 1.88. The van der Waals surface area contributed by atoms with Crippen molar-refractivity contribution in [3.63, 3.8) is 0 Å². The highest BCUT2D eigenvalue weighted by Crippen LogP contribution is 2.22. The van der Waals surface area contributed by atoms with Gasteiger partial charge in [0.1, 0.15) is 6.54 Å². The first-order chi connectivity index (χ1) is 9.85. The first-order valence-electron chi connectivity index (χ1n) is 6.58. The average molecular weight is 323 g/mol. The second-order valence-electron chi connectivity index (χ2n) is 5.11. The number of amides is 1. The van der Waals surface area contributed by atoms with Crippen molar-refractivity contribution in [1.82, 2.24) is 25.1 Å². The van der Waals surface area contributed by atoms with E-state index in [1.54, 1.807) is 4.90 Å². The van der Waals surface area contributed by atoms with Gasteiger partial charge >= 0.3 is 6.18 Å². The summed E-state index contributed by atoms with van der Waals surface area (Å²) < 4.78 is 37.7. The summed E-state index contributed by atoms with van der Waals surface area (Å²) in [5, 5.41) is 10.1. The lowest BCUT2D eigenvalue weighted by molar-refractivity contribution is -0.144. The molecule has 1 aromatic heterocycles. The maximum atomic E-state index is 12.3. The zero-order valence-corrected chi connectivity index (χ0v) is 12.3. The summed E-state index contributed by atoms with van der Waals surface area (Å²) >= 11 is 0.933. The van der Waals surface area contributed by atoms with Crippen LogP contribution in [0.4, 0.5) is 13.2 Å². The van der Waals surface area contributed by atoms with Crippen LogP contribution < -0.4 is 0 Å². The number of hydrogen-bond donors (Lipinski definition) is 0. The predicted octanol–water partition coefficient (Wildman–Crippen LogP) is 1.59. The predicted molar refractivity (Wildman–Crippen MR) is 69.6 cm³/mol. The number of likely N-dealkylation sites (tertiary alicyclic amines) is 1. The van der Waals surface area contributed by atoms with Gasteiger partial charge in [-0.15, -0.1) is 5.10 Å². The SMILES string of the molecule is C[C@@H]1CCCN(C(=O)CSc2nnnn2CC(F)(F)F)C1. The van der Waals surface area contributed by atoms with Crippen molar-refractivity contribution in [3.8, 4) is 0 Å². The summed E-state index contributed by atoms with van der Waals surface area (Å²) in [6.45, 7) is 2.23. The summed E-state index contributed by atoms with van der Waals surface area (Å²) in [5.41, 5.74) is 0.